The van der Waals surface area contributed by atoms with Crippen molar-refractivity contribution in [3.63, 3.8) is 0 Å². The number of aliphatic hydroxyl groups excluding tert-OH is 1. The molecule has 0 aromatic heterocycles. The van der Waals surface area contributed by atoms with E-state index in [9.17, 15) is 48.3 Å². The lowest BCUT2D eigenvalue weighted by Crippen LogP contribution is -2.61. The maximum Gasteiger partial charge on any atom is 0.247 e. The summed E-state index contributed by atoms with van der Waals surface area (Å²) in [7, 11) is 10.4. The number of hydrogen-bond acceptors (Lipinski definition) is 14. The summed E-state index contributed by atoms with van der Waals surface area (Å²) in [6, 6.07) is -9.92. The topological polar surface area (TPSA) is 297 Å². The molecule has 10 amide bonds. The maximum absolute atomic E-state index is 15.3. The third-order valence-corrected chi connectivity index (χ3v) is 18.5. The highest BCUT2D eigenvalue weighted by Gasteiger charge is 2.47. The summed E-state index contributed by atoms with van der Waals surface area (Å²) in [6.07, 6.45) is 9.08. The van der Waals surface area contributed by atoms with Crippen LogP contribution in [0.5, 0.6) is 0 Å². The van der Waals surface area contributed by atoms with Crippen molar-refractivity contribution >= 4 is 65.4 Å². The molecule has 4 aliphatic rings. The first-order valence-electron chi connectivity index (χ1n) is 33.4. The fourth-order valence-electron chi connectivity index (χ4n) is 12.3. The highest BCUT2D eigenvalue weighted by Crippen LogP contribution is 2.55. The van der Waals surface area contributed by atoms with Gasteiger partial charge in [0.1, 0.15) is 60.4 Å². The van der Waals surface area contributed by atoms with Gasteiger partial charge in [0.2, 0.25) is 59.1 Å². The van der Waals surface area contributed by atoms with E-state index in [1.807, 2.05) is 48.5 Å². The van der Waals surface area contributed by atoms with Gasteiger partial charge in [-0.15, -0.1) is 0 Å². The standard InChI is InChI=1S/C70H115N11O13/c1-23-44(9)59(75-63(87)56(33-41(4)5)79(20)65(89)46(11)71-16)69(93)77(18)47(12)61(85)73-53(34-43(8)28-29-45(10)83)66(90)76(17)38-58(84)78(19)55(32-40(2)3)62(86)74-54(39-94-70(13,14)15)67(91)80(21)57(37-52-50-36-51(52)49-27-24-26-48(50)35-49)68(92)81(22)60(42(6)7)64(88)72-30-25-31-82/h28-29,31,40-42,44,46-47,52-57,59-60,71,83H,8,10,23-27,30,32-39H2,1-7,9,11-22H3,(H,72,88)(H,73,85)(H,74,86)(H,75,87)/b29-28-/t44-,46?,47-,53?,54?,55?,56?,57?,59?,60?/m0/s1. The molecule has 10 atom stereocenters. The summed E-state index contributed by atoms with van der Waals surface area (Å²) in [6.45, 7) is 30.0. The second-order valence-electron chi connectivity index (χ2n) is 28.3. The van der Waals surface area contributed by atoms with Crippen LogP contribution in [-0.2, 0) is 57.5 Å². The molecule has 8 unspecified atom stereocenters. The van der Waals surface area contributed by atoms with Crippen molar-refractivity contribution < 1.29 is 62.6 Å². The highest BCUT2D eigenvalue weighted by molar-refractivity contribution is 5.98. The summed E-state index contributed by atoms with van der Waals surface area (Å²) in [5.74, 6) is -7.30. The number of ether oxygens (including phenoxy) is 1. The van der Waals surface area contributed by atoms with Crippen LogP contribution in [0.2, 0.25) is 0 Å². The van der Waals surface area contributed by atoms with Crippen molar-refractivity contribution in [1.82, 2.24) is 56.0 Å². The number of aliphatic hydroxyl groups is 1. The van der Waals surface area contributed by atoms with Gasteiger partial charge in [-0.2, -0.15) is 0 Å². The molecule has 94 heavy (non-hydrogen) atoms. The van der Waals surface area contributed by atoms with E-state index in [0.29, 0.717) is 19.1 Å². The average molecular weight is 1320 g/mol. The van der Waals surface area contributed by atoms with Crippen molar-refractivity contribution in [2.45, 2.75) is 221 Å². The van der Waals surface area contributed by atoms with E-state index >= 15 is 9.59 Å². The molecular weight excluding hydrogens is 1200 g/mol. The molecule has 0 aromatic carbocycles. The minimum Gasteiger partial charge on any atom is -0.509 e. The maximum atomic E-state index is 15.3. The molecule has 24 heteroatoms. The first-order chi connectivity index (χ1) is 43.7. The third-order valence-electron chi connectivity index (χ3n) is 18.5. The summed E-state index contributed by atoms with van der Waals surface area (Å²) in [5.41, 5.74) is 4.78. The van der Waals surface area contributed by atoms with Gasteiger partial charge in [-0.3, -0.25) is 47.9 Å². The lowest BCUT2D eigenvalue weighted by molar-refractivity contribution is -0.152. The number of carbonyl (C=O) groups is 11. The van der Waals surface area contributed by atoms with Crippen LogP contribution in [0.1, 0.15) is 161 Å². The Labute approximate surface area is 559 Å². The van der Waals surface area contributed by atoms with Gasteiger partial charge in [0, 0.05) is 67.6 Å². The van der Waals surface area contributed by atoms with Gasteiger partial charge in [0.25, 0.3) is 0 Å². The van der Waals surface area contributed by atoms with Crippen molar-refractivity contribution in [1.29, 1.82) is 0 Å². The van der Waals surface area contributed by atoms with E-state index in [0.717, 1.165) is 37.0 Å². The molecule has 6 N–H and O–H groups in total. The Kier molecular flexibility index (Phi) is 31.6. The molecule has 24 nitrogen and oxygen atoms in total. The number of nitrogens with one attached hydrogen (secondary N) is 5. The fraction of sp³-hybridized carbons (Fsp3) is 0.700. The number of amides is 10. The number of hydrogen-bond donors (Lipinski definition) is 6. The average Bonchev–Trinajstić information content (AvgIpc) is 0.734. The normalized spacial score (nSPS) is 17.1. The molecule has 528 valence electrons. The lowest BCUT2D eigenvalue weighted by Gasteiger charge is -2.47. The molecule has 4 aliphatic carbocycles. The van der Waals surface area contributed by atoms with Crippen LogP contribution in [0, 0.1) is 29.6 Å². The molecule has 4 rings (SSSR count). The first-order valence-corrected chi connectivity index (χ1v) is 33.4. The van der Waals surface area contributed by atoms with Crippen molar-refractivity contribution in [2.75, 3.05) is 69.0 Å². The lowest BCUT2D eigenvalue weighted by atomic mass is 9.59. The second kappa shape index (κ2) is 36.6. The molecular formula is C70H115N11O13. The van der Waals surface area contributed by atoms with Gasteiger partial charge in [0.15, 0.2) is 0 Å². The summed E-state index contributed by atoms with van der Waals surface area (Å²) < 4.78 is 6.21. The number of rotatable bonds is 38. The second-order valence-corrected chi connectivity index (χ2v) is 28.3. The molecule has 0 aliphatic heterocycles. The number of allylic oxidation sites excluding steroid dienone is 6. The van der Waals surface area contributed by atoms with E-state index in [1.54, 1.807) is 48.7 Å². The number of aldehydes is 1. The van der Waals surface area contributed by atoms with E-state index < -0.39 is 126 Å². The molecule has 2 saturated carbocycles. The molecule has 2 fully saturated rings. The van der Waals surface area contributed by atoms with Crippen molar-refractivity contribution in [3.8, 4) is 0 Å². The first kappa shape index (κ1) is 81.0. The van der Waals surface area contributed by atoms with E-state index in [4.69, 9.17) is 4.74 Å². The van der Waals surface area contributed by atoms with Crippen LogP contribution in [0.25, 0.3) is 0 Å². The van der Waals surface area contributed by atoms with Gasteiger partial charge in [-0.1, -0.05) is 109 Å². The van der Waals surface area contributed by atoms with Gasteiger partial charge in [0.05, 0.1) is 24.8 Å². The van der Waals surface area contributed by atoms with Crippen LogP contribution < -0.4 is 26.6 Å². The van der Waals surface area contributed by atoms with Gasteiger partial charge in [-0.05, 0) is 123 Å². The largest absolute Gasteiger partial charge is 0.509 e. The molecule has 4 bridgehead atoms. The van der Waals surface area contributed by atoms with Crippen LogP contribution in [0.15, 0.2) is 58.9 Å². The molecule has 0 radical (unpaired) electrons. The molecule has 0 heterocycles. The SMILES string of the molecule is C=C(O)/C=C\C(=C)CC(NC(=O)[C@H](C)N(C)C(=O)C(NC(=O)C(CC(C)C)N(C)C(=O)C(C)NC)[C@@H](C)CC)C(=O)N(C)CC(=O)N(C)C(CC(C)C)C(=O)NC(COC(C)(C)C)C(=O)N(C)C(CC1C2=C3CCCC(=C1C2)C3)C(=O)N(C)C(C(=O)NCCC=O)C(C)C. The van der Waals surface area contributed by atoms with E-state index in [-0.39, 0.29) is 79.7 Å². The Bertz CT molecular complexity index is 2830. The number of likely N-dealkylation sites (N-methyl/N-ethyl adjacent to an activating group) is 7. The Morgan fingerprint density at radius 1 is 0.649 bits per heavy atom. The van der Waals surface area contributed by atoms with Crippen molar-refractivity contribution in [2.24, 2.45) is 29.6 Å². The zero-order valence-corrected chi connectivity index (χ0v) is 60.2. The Balaban J connectivity index is 1.99. The fourth-order valence-corrected chi connectivity index (χ4v) is 12.3. The quantitative estimate of drug-likeness (QED) is 0.0153. The summed E-state index contributed by atoms with van der Waals surface area (Å²) in [4.78, 5) is 163. The molecule has 0 aromatic rings. The summed E-state index contributed by atoms with van der Waals surface area (Å²) in [5, 5.41) is 24.1. The zero-order valence-electron chi connectivity index (χ0n) is 60.2. The van der Waals surface area contributed by atoms with Crippen LogP contribution in [-0.4, -0.2) is 229 Å². The summed E-state index contributed by atoms with van der Waals surface area (Å²) >= 11 is 0. The molecule has 0 spiro atoms. The Morgan fingerprint density at radius 2 is 1.19 bits per heavy atom. The highest BCUT2D eigenvalue weighted by atomic mass is 16.5. The van der Waals surface area contributed by atoms with Gasteiger partial charge >= 0.3 is 0 Å². The smallest absolute Gasteiger partial charge is 0.247 e. The molecule has 0 saturated heterocycles. The van der Waals surface area contributed by atoms with E-state index in [2.05, 4.69) is 39.7 Å². The van der Waals surface area contributed by atoms with Crippen LogP contribution in [0.4, 0.5) is 0 Å². The Hall–Kier alpha value is -7.21. The minimum absolute atomic E-state index is 0.00292. The minimum atomic E-state index is -1.41. The van der Waals surface area contributed by atoms with Gasteiger partial charge < -0.3 is 70.6 Å². The predicted octanol–water partition coefficient (Wildman–Crippen LogP) is 5.14. The Morgan fingerprint density at radius 3 is 1.70 bits per heavy atom. The monoisotopic (exact) mass is 1320 g/mol. The van der Waals surface area contributed by atoms with E-state index in [1.165, 1.54) is 101 Å². The van der Waals surface area contributed by atoms with Crippen LogP contribution >= 0.6 is 0 Å². The number of carbonyl (C=O) groups excluding carboxylic acids is 11. The predicted molar refractivity (Wildman–Crippen MR) is 363 cm³/mol. The number of nitrogens with zero attached hydrogens (tertiary/aromatic N) is 6. The third kappa shape index (κ3) is 22.5. The van der Waals surface area contributed by atoms with Gasteiger partial charge in [-0.25, -0.2) is 0 Å². The van der Waals surface area contributed by atoms with Crippen molar-refractivity contribution in [3.05, 3.63) is 58.9 Å². The van der Waals surface area contributed by atoms with Crippen LogP contribution in [0.3, 0.4) is 0 Å². The zero-order chi connectivity index (χ0) is 71.5.